The second-order valence-electron chi connectivity index (χ2n) is 6.83. The molecule has 2 N–H and O–H groups in total. The van der Waals surface area contributed by atoms with E-state index < -0.39 is 11.7 Å². The number of nitrogens with zero attached hydrogens (tertiary/aromatic N) is 1. The Bertz CT molecular complexity index is 1440. The van der Waals surface area contributed by atoms with Crippen LogP contribution in [0.5, 0.6) is 11.5 Å². The molecule has 0 radical (unpaired) electrons. The summed E-state index contributed by atoms with van der Waals surface area (Å²) in [5.41, 5.74) is 1.22. The molecule has 0 spiro atoms. The molecule has 1 amide bonds. The quantitative estimate of drug-likeness (QED) is 0.438. The smallest absolute Gasteiger partial charge is 0.266 e. The number of H-pyrrole nitrogens is 1. The predicted octanol–water partition coefficient (Wildman–Crippen LogP) is 4.46. The van der Waals surface area contributed by atoms with Gasteiger partial charge in [0.2, 0.25) is 0 Å². The summed E-state index contributed by atoms with van der Waals surface area (Å²) >= 11 is 5.44. The van der Waals surface area contributed by atoms with Crippen LogP contribution in [0.4, 0.5) is 10.1 Å². The van der Waals surface area contributed by atoms with E-state index in [-0.39, 0.29) is 10.3 Å². The molecule has 0 unspecified atom stereocenters. The summed E-state index contributed by atoms with van der Waals surface area (Å²) in [5, 5.41) is 3.02. The molecule has 0 saturated heterocycles. The molecule has 32 heavy (non-hydrogen) atoms. The number of hydrogen-bond donors (Lipinski definition) is 2. The summed E-state index contributed by atoms with van der Waals surface area (Å²) in [6.45, 7) is 0. The molecule has 162 valence electrons. The molecule has 0 aliphatic heterocycles. The summed E-state index contributed by atoms with van der Waals surface area (Å²) in [4.78, 5) is 28.9. The van der Waals surface area contributed by atoms with Crippen molar-refractivity contribution >= 4 is 34.7 Å². The number of amides is 1. The molecule has 7 nitrogen and oxygen atoms in total. The van der Waals surface area contributed by atoms with Crippen LogP contribution in [0.3, 0.4) is 0 Å². The van der Waals surface area contributed by atoms with E-state index in [1.807, 2.05) is 0 Å². The van der Waals surface area contributed by atoms with E-state index in [2.05, 4.69) is 10.3 Å². The first kappa shape index (κ1) is 21.3. The Labute approximate surface area is 187 Å². The molecule has 0 aliphatic carbocycles. The minimum Gasteiger partial charge on any atom is -0.497 e. The van der Waals surface area contributed by atoms with Gasteiger partial charge in [0.05, 0.1) is 30.8 Å². The van der Waals surface area contributed by atoms with Crippen molar-refractivity contribution in [2.24, 2.45) is 0 Å². The molecule has 0 fully saturated rings. The minimum atomic E-state index is -0.406. The lowest BCUT2D eigenvalue weighted by molar-refractivity contribution is 0.102. The van der Waals surface area contributed by atoms with Crippen LogP contribution in [0, 0.1) is 10.6 Å². The highest BCUT2D eigenvalue weighted by atomic mass is 32.1. The maximum absolute atomic E-state index is 13.3. The van der Waals surface area contributed by atoms with Gasteiger partial charge >= 0.3 is 0 Å². The molecule has 0 saturated carbocycles. The number of aromatic amines is 1. The van der Waals surface area contributed by atoms with Crippen molar-refractivity contribution in [3.63, 3.8) is 0 Å². The van der Waals surface area contributed by atoms with Gasteiger partial charge in [0.25, 0.3) is 11.5 Å². The van der Waals surface area contributed by atoms with E-state index in [4.69, 9.17) is 21.7 Å². The molecule has 1 aromatic heterocycles. The minimum absolute atomic E-state index is 0.130. The highest BCUT2D eigenvalue weighted by Gasteiger charge is 2.15. The topological polar surface area (TPSA) is 85.3 Å². The lowest BCUT2D eigenvalue weighted by Crippen LogP contribution is -2.21. The number of anilines is 1. The van der Waals surface area contributed by atoms with E-state index in [0.29, 0.717) is 39.3 Å². The van der Waals surface area contributed by atoms with E-state index in [9.17, 15) is 14.0 Å². The van der Waals surface area contributed by atoms with Crippen LogP contribution in [-0.2, 0) is 0 Å². The van der Waals surface area contributed by atoms with Gasteiger partial charge in [0, 0.05) is 17.3 Å². The first-order valence-electron chi connectivity index (χ1n) is 9.49. The van der Waals surface area contributed by atoms with Crippen molar-refractivity contribution < 1.29 is 18.7 Å². The van der Waals surface area contributed by atoms with Crippen LogP contribution in [0.25, 0.3) is 16.6 Å². The van der Waals surface area contributed by atoms with Crippen LogP contribution in [0.2, 0.25) is 0 Å². The fourth-order valence-corrected chi connectivity index (χ4v) is 3.58. The molecule has 9 heteroatoms. The van der Waals surface area contributed by atoms with Gasteiger partial charge in [-0.25, -0.2) is 8.96 Å². The normalized spacial score (nSPS) is 10.7. The van der Waals surface area contributed by atoms with Crippen molar-refractivity contribution in [2.75, 3.05) is 19.5 Å². The number of nitrogens with one attached hydrogen (secondary N) is 2. The van der Waals surface area contributed by atoms with Gasteiger partial charge in [0.15, 0.2) is 4.77 Å². The van der Waals surface area contributed by atoms with E-state index in [1.165, 1.54) is 49.1 Å². The van der Waals surface area contributed by atoms with Crippen LogP contribution < -0.4 is 20.3 Å². The van der Waals surface area contributed by atoms with Gasteiger partial charge in [0.1, 0.15) is 17.3 Å². The Hall–Kier alpha value is -3.98. The third kappa shape index (κ3) is 3.97. The Morgan fingerprint density at radius 1 is 1.03 bits per heavy atom. The van der Waals surface area contributed by atoms with E-state index in [0.717, 1.165) is 0 Å². The van der Waals surface area contributed by atoms with Gasteiger partial charge in [-0.05, 0) is 66.8 Å². The van der Waals surface area contributed by atoms with Gasteiger partial charge in [-0.2, -0.15) is 0 Å². The fourth-order valence-electron chi connectivity index (χ4n) is 3.29. The maximum Gasteiger partial charge on any atom is 0.266 e. The Morgan fingerprint density at radius 2 is 1.78 bits per heavy atom. The predicted molar refractivity (Wildman–Crippen MR) is 122 cm³/mol. The highest BCUT2D eigenvalue weighted by Crippen LogP contribution is 2.27. The van der Waals surface area contributed by atoms with Crippen molar-refractivity contribution in [1.82, 2.24) is 9.55 Å². The number of carbonyl (C=O) groups is 1. The summed E-state index contributed by atoms with van der Waals surface area (Å²) < 4.78 is 25.2. The van der Waals surface area contributed by atoms with Gasteiger partial charge in [-0.15, -0.1) is 0 Å². The molecule has 4 aromatic rings. The lowest BCUT2D eigenvalue weighted by atomic mass is 10.1. The van der Waals surface area contributed by atoms with Crippen LogP contribution in [0.15, 0.2) is 65.5 Å². The molecule has 4 rings (SSSR count). The first-order chi connectivity index (χ1) is 15.4. The number of ether oxygens (including phenoxy) is 2. The number of hydrogen-bond acceptors (Lipinski definition) is 5. The summed E-state index contributed by atoms with van der Waals surface area (Å²) in [6, 6.07) is 15.1. The largest absolute Gasteiger partial charge is 0.497 e. The second-order valence-corrected chi connectivity index (χ2v) is 7.22. The summed E-state index contributed by atoms with van der Waals surface area (Å²) in [7, 11) is 3.02. The Balaban J connectivity index is 1.78. The Kier molecular flexibility index (Phi) is 5.74. The van der Waals surface area contributed by atoms with Crippen LogP contribution >= 0.6 is 12.2 Å². The van der Waals surface area contributed by atoms with Crippen molar-refractivity contribution in [3.05, 3.63) is 87.2 Å². The number of methoxy groups -OCH3 is 2. The van der Waals surface area contributed by atoms with Gasteiger partial charge < -0.3 is 19.8 Å². The Morgan fingerprint density at radius 3 is 2.47 bits per heavy atom. The molecular weight excluding hydrogens is 433 g/mol. The molecule has 0 atom stereocenters. The van der Waals surface area contributed by atoms with Crippen LogP contribution in [-0.4, -0.2) is 29.7 Å². The number of rotatable bonds is 5. The maximum atomic E-state index is 13.3. The van der Waals surface area contributed by atoms with E-state index >= 15 is 0 Å². The van der Waals surface area contributed by atoms with Crippen molar-refractivity contribution in [3.8, 4) is 17.2 Å². The van der Waals surface area contributed by atoms with Crippen LogP contribution in [0.1, 0.15) is 10.4 Å². The lowest BCUT2D eigenvalue weighted by Gasteiger charge is -2.14. The SMILES string of the molecule is COc1ccc(OC)c(-n2c(=S)[nH]c3cc(C(=O)Nc4ccc(F)cc4)ccc3c2=O)c1. The average molecular weight is 451 g/mol. The molecular formula is C23H18FN3O4S. The number of fused-ring (bicyclic) bond motifs is 1. The fraction of sp³-hybridized carbons (Fsp3) is 0.0870. The zero-order valence-electron chi connectivity index (χ0n) is 17.1. The first-order valence-corrected chi connectivity index (χ1v) is 9.90. The van der Waals surface area contributed by atoms with E-state index in [1.54, 1.807) is 30.3 Å². The number of carbonyl (C=O) groups excluding carboxylic acids is 1. The van der Waals surface area contributed by atoms with Crippen molar-refractivity contribution in [1.29, 1.82) is 0 Å². The molecule has 0 aliphatic rings. The molecule has 1 heterocycles. The monoisotopic (exact) mass is 451 g/mol. The molecule has 3 aromatic carbocycles. The third-order valence-electron chi connectivity index (χ3n) is 4.89. The number of aromatic nitrogens is 2. The zero-order chi connectivity index (χ0) is 22.8. The van der Waals surface area contributed by atoms with Gasteiger partial charge in [-0.1, -0.05) is 0 Å². The molecule has 0 bridgehead atoms. The zero-order valence-corrected chi connectivity index (χ0v) is 18.0. The third-order valence-corrected chi connectivity index (χ3v) is 5.17. The number of benzene rings is 3. The highest BCUT2D eigenvalue weighted by molar-refractivity contribution is 7.71. The average Bonchev–Trinajstić information content (AvgIpc) is 2.80. The standard InChI is InChI=1S/C23H18FN3O4S/c1-30-16-8-10-20(31-2)19(12-16)27-22(29)17-9-3-13(11-18(17)26-23(27)32)21(28)25-15-6-4-14(24)5-7-15/h3-12H,1-2H3,(H,25,28)(H,26,32). The second kappa shape index (κ2) is 8.64. The summed E-state index contributed by atoms with van der Waals surface area (Å²) in [6.07, 6.45) is 0. The number of halogens is 1. The summed E-state index contributed by atoms with van der Waals surface area (Å²) in [5.74, 6) is 0.179. The van der Waals surface area contributed by atoms with Gasteiger partial charge in [-0.3, -0.25) is 9.59 Å². The van der Waals surface area contributed by atoms with Crippen molar-refractivity contribution in [2.45, 2.75) is 0 Å².